The molecule has 0 atom stereocenters. The lowest BCUT2D eigenvalue weighted by atomic mass is 10.1. The number of nitrogens with one attached hydrogen (secondary N) is 1. The molecule has 0 bridgehead atoms. The van der Waals surface area contributed by atoms with Crippen molar-refractivity contribution >= 4 is 28.5 Å². The van der Waals surface area contributed by atoms with Crippen molar-refractivity contribution in [2.45, 2.75) is 39.7 Å². The van der Waals surface area contributed by atoms with Gasteiger partial charge < -0.3 is 14.6 Å². The summed E-state index contributed by atoms with van der Waals surface area (Å²) < 4.78 is 8.31. The summed E-state index contributed by atoms with van der Waals surface area (Å²) >= 11 is 5.90. The first-order valence-electron chi connectivity index (χ1n) is 11.7. The van der Waals surface area contributed by atoms with E-state index in [-0.39, 0.29) is 5.91 Å². The van der Waals surface area contributed by atoms with Crippen LogP contribution in [0.4, 0.5) is 0 Å². The first kappa shape index (κ1) is 23.8. The molecule has 0 saturated heterocycles. The molecule has 6 heteroatoms. The zero-order chi connectivity index (χ0) is 23.9. The summed E-state index contributed by atoms with van der Waals surface area (Å²) in [6, 6.07) is 21.4. The molecule has 0 spiro atoms. The van der Waals surface area contributed by atoms with Crippen molar-refractivity contribution in [2.24, 2.45) is 0 Å². The van der Waals surface area contributed by atoms with E-state index in [9.17, 15) is 4.79 Å². The number of hydrogen-bond acceptors (Lipinski definition) is 3. The van der Waals surface area contributed by atoms with Gasteiger partial charge in [0, 0.05) is 30.1 Å². The number of benzene rings is 3. The van der Waals surface area contributed by atoms with Crippen LogP contribution in [0.1, 0.15) is 40.2 Å². The predicted molar refractivity (Wildman–Crippen MR) is 138 cm³/mol. The normalized spacial score (nSPS) is 11.0. The van der Waals surface area contributed by atoms with E-state index in [4.69, 9.17) is 21.3 Å². The minimum atomic E-state index is -0.0892. The van der Waals surface area contributed by atoms with Gasteiger partial charge in [-0.1, -0.05) is 41.4 Å². The van der Waals surface area contributed by atoms with Gasteiger partial charge in [0.25, 0.3) is 5.91 Å². The van der Waals surface area contributed by atoms with Crippen molar-refractivity contribution in [3.05, 3.63) is 94.3 Å². The fourth-order valence-corrected chi connectivity index (χ4v) is 4.21. The number of aryl methyl sites for hydroxylation is 4. The molecule has 0 aliphatic rings. The number of imidazole rings is 1. The van der Waals surface area contributed by atoms with Gasteiger partial charge in [-0.3, -0.25) is 4.79 Å². The van der Waals surface area contributed by atoms with Gasteiger partial charge in [0.05, 0.1) is 17.6 Å². The van der Waals surface area contributed by atoms with Crippen LogP contribution in [0, 0.1) is 13.8 Å². The topological polar surface area (TPSA) is 56.1 Å². The van der Waals surface area contributed by atoms with Crippen molar-refractivity contribution in [1.82, 2.24) is 14.9 Å². The Morgan fingerprint density at radius 3 is 2.62 bits per heavy atom. The molecule has 0 aliphatic carbocycles. The highest BCUT2D eigenvalue weighted by molar-refractivity contribution is 6.30. The smallest absolute Gasteiger partial charge is 0.251 e. The second kappa shape index (κ2) is 11.2. The monoisotopic (exact) mass is 475 g/mol. The minimum Gasteiger partial charge on any atom is -0.493 e. The Balaban J connectivity index is 1.33. The average molecular weight is 476 g/mol. The number of nitrogens with zero attached hydrogens (tertiary/aromatic N) is 2. The molecule has 1 amide bonds. The second-order valence-corrected chi connectivity index (χ2v) is 8.94. The second-order valence-electron chi connectivity index (χ2n) is 8.51. The Morgan fingerprint density at radius 1 is 1.03 bits per heavy atom. The first-order valence-corrected chi connectivity index (χ1v) is 12.1. The molecule has 0 fully saturated rings. The molecule has 1 heterocycles. The fraction of sp³-hybridized carbons (Fsp3) is 0.286. The Bertz CT molecular complexity index is 1260. The molecule has 1 N–H and O–H groups in total. The van der Waals surface area contributed by atoms with Crippen LogP contribution in [0.15, 0.2) is 66.7 Å². The van der Waals surface area contributed by atoms with Gasteiger partial charge in [0.1, 0.15) is 11.6 Å². The summed E-state index contributed by atoms with van der Waals surface area (Å²) in [4.78, 5) is 17.2. The van der Waals surface area contributed by atoms with Crippen molar-refractivity contribution in [3.63, 3.8) is 0 Å². The van der Waals surface area contributed by atoms with Crippen molar-refractivity contribution < 1.29 is 9.53 Å². The molecule has 0 aliphatic heterocycles. The SMILES string of the molecule is Cc1ccc(OCCCn2c(CCCNC(=O)c3ccc(Cl)cc3)nc3ccccc32)c(C)c1. The quantitative estimate of drug-likeness (QED) is 0.280. The van der Waals surface area contributed by atoms with Crippen LogP contribution in [0.25, 0.3) is 11.0 Å². The summed E-state index contributed by atoms with van der Waals surface area (Å²) in [6.45, 7) is 6.23. The van der Waals surface area contributed by atoms with E-state index in [0.29, 0.717) is 23.7 Å². The molecule has 0 unspecified atom stereocenters. The van der Waals surface area contributed by atoms with Gasteiger partial charge in [-0.25, -0.2) is 4.98 Å². The van der Waals surface area contributed by atoms with E-state index < -0.39 is 0 Å². The van der Waals surface area contributed by atoms with Crippen LogP contribution >= 0.6 is 11.6 Å². The van der Waals surface area contributed by atoms with E-state index >= 15 is 0 Å². The molecular weight excluding hydrogens is 446 g/mol. The lowest BCUT2D eigenvalue weighted by Gasteiger charge is -2.12. The minimum absolute atomic E-state index is 0.0892. The van der Waals surface area contributed by atoms with E-state index in [1.807, 2.05) is 24.3 Å². The maximum Gasteiger partial charge on any atom is 0.251 e. The van der Waals surface area contributed by atoms with Crippen LogP contribution < -0.4 is 10.1 Å². The van der Waals surface area contributed by atoms with Crippen molar-refractivity contribution in [2.75, 3.05) is 13.2 Å². The largest absolute Gasteiger partial charge is 0.493 e. The zero-order valence-electron chi connectivity index (χ0n) is 19.7. The number of amides is 1. The summed E-state index contributed by atoms with van der Waals surface area (Å²) in [5.41, 5.74) is 5.14. The highest BCUT2D eigenvalue weighted by Gasteiger charge is 2.11. The number of hydrogen-bond donors (Lipinski definition) is 1. The Kier molecular flexibility index (Phi) is 7.86. The Hall–Kier alpha value is -3.31. The van der Waals surface area contributed by atoms with E-state index in [1.165, 1.54) is 5.56 Å². The van der Waals surface area contributed by atoms with Crippen LogP contribution in [0.5, 0.6) is 5.75 Å². The van der Waals surface area contributed by atoms with Gasteiger partial charge in [-0.15, -0.1) is 0 Å². The number of ether oxygens (including phenoxy) is 1. The zero-order valence-corrected chi connectivity index (χ0v) is 20.4. The third-order valence-electron chi connectivity index (χ3n) is 5.82. The summed E-state index contributed by atoms with van der Waals surface area (Å²) in [5, 5.41) is 3.60. The highest BCUT2D eigenvalue weighted by Crippen LogP contribution is 2.20. The number of carbonyl (C=O) groups excluding carboxylic acids is 1. The molecular formula is C28H30ClN3O2. The average Bonchev–Trinajstić information content (AvgIpc) is 3.18. The van der Waals surface area contributed by atoms with Gasteiger partial charge in [-0.2, -0.15) is 0 Å². The maximum atomic E-state index is 12.3. The Morgan fingerprint density at radius 2 is 1.82 bits per heavy atom. The number of fused-ring (bicyclic) bond motifs is 1. The summed E-state index contributed by atoms with van der Waals surface area (Å²) in [5.74, 6) is 1.89. The first-order chi connectivity index (χ1) is 16.5. The maximum absolute atomic E-state index is 12.3. The molecule has 1 aromatic heterocycles. The van der Waals surface area contributed by atoms with Gasteiger partial charge in [-0.05, 0) is 74.7 Å². The molecule has 0 radical (unpaired) electrons. The van der Waals surface area contributed by atoms with Gasteiger partial charge in [0.15, 0.2) is 0 Å². The summed E-state index contributed by atoms with van der Waals surface area (Å²) in [6.07, 6.45) is 2.48. The molecule has 3 aromatic carbocycles. The lowest BCUT2D eigenvalue weighted by Crippen LogP contribution is -2.25. The molecule has 5 nitrogen and oxygen atoms in total. The number of carbonyl (C=O) groups is 1. The van der Waals surface area contributed by atoms with E-state index in [2.05, 4.69) is 41.9 Å². The molecule has 0 saturated carbocycles. The van der Waals surface area contributed by atoms with Crippen molar-refractivity contribution in [3.8, 4) is 5.75 Å². The molecule has 4 aromatic rings. The van der Waals surface area contributed by atoms with Gasteiger partial charge >= 0.3 is 0 Å². The lowest BCUT2D eigenvalue weighted by molar-refractivity contribution is 0.0953. The molecule has 34 heavy (non-hydrogen) atoms. The number of aromatic nitrogens is 2. The van der Waals surface area contributed by atoms with Crippen LogP contribution in [-0.4, -0.2) is 28.6 Å². The fourth-order valence-electron chi connectivity index (χ4n) is 4.08. The van der Waals surface area contributed by atoms with Crippen LogP contribution in [0.3, 0.4) is 0 Å². The third kappa shape index (κ3) is 5.97. The standard InChI is InChI=1S/C28H30ClN3O2/c1-20-10-15-26(21(2)19-20)34-18-6-17-32-25-8-4-3-7-24(25)31-27(32)9-5-16-30-28(33)22-11-13-23(29)14-12-22/h3-4,7-8,10-15,19H,5-6,9,16-18H2,1-2H3,(H,30,33). The van der Waals surface area contributed by atoms with E-state index in [0.717, 1.165) is 54.0 Å². The molecule has 4 rings (SSSR count). The third-order valence-corrected chi connectivity index (χ3v) is 6.07. The highest BCUT2D eigenvalue weighted by atomic mass is 35.5. The molecule has 176 valence electrons. The van der Waals surface area contributed by atoms with Crippen LogP contribution in [-0.2, 0) is 13.0 Å². The van der Waals surface area contributed by atoms with Crippen LogP contribution in [0.2, 0.25) is 5.02 Å². The number of halogens is 1. The number of rotatable bonds is 10. The summed E-state index contributed by atoms with van der Waals surface area (Å²) in [7, 11) is 0. The number of para-hydroxylation sites is 2. The van der Waals surface area contributed by atoms with Gasteiger partial charge in [0.2, 0.25) is 0 Å². The predicted octanol–water partition coefficient (Wildman–Crippen LogP) is 6.14. The van der Waals surface area contributed by atoms with E-state index in [1.54, 1.807) is 24.3 Å². The Labute approximate surface area is 205 Å². The van der Waals surface area contributed by atoms with Crippen molar-refractivity contribution in [1.29, 1.82) is 0 Å².